The van der Waals surface area contributed by atoms with E-state index in [-0.39, 0.29) is 11.7 Å². The summed E-state index contributed by atoms with van der Waals surface area (Å²) in [4.78, 5) is 18.4. The molecule has 1 aliphatic heterocycles. The normalized spacial score (nSPS) is 13.2. The van der Waals surface area contributed by atoms with Crippen LogP contribution < -0.4 is 16.2 Å². The standard InChI is InChI=1S/C15H15FN4O/c1-9-6-11(7-14(18-9)19-17)15(21)20-5-4-10-2-3-12(16)8-13(10)20/h2-3,6-8H,4-5,17H2,1H3,(H,18,19). The van der Waals surface area contributed by atoms with Gasteiger partial charge in [0.2, 0.25) is 0 Å². The van der Waals surface area contributed by atoms with Crippen LogP contribution in [-0.4, -0.2) is 17.4 Å². The number of nitrogens with two attached hydrogens (primary N) is 1. The van der Waals surface area contributed by atoms with Crippen molar-refractivity contribution in [3.05, 3.63) is 53.0 Å². The highest BCUT2D eigenvalue weighted by atomic mass is 19.1. The minimum atomic E-state index is -0.344. The Morgan fingerprint density at radius 1 is 1.38 bits per heavy atom. The minimum absolute atomic E-state index is 0.179. The number of anilines is 2. The maximum Gasteiger partial charge on any atom is 0.258 e. The van der Waals surface area contributed by atoms with Crippen molar-refractivity contribution in [2.75, 3.05) is 16.9 Å². The van der Waals surface area contributed by atoms with E-state index < -0.39 is 0 Å². The average Bonchev–Trinajstić information content (AvgIpc) is 2.88. The number of rotatable bonds is 2. The number of hydrogen-bond acceptors (Lipinski definition) is 4. The Hall–Kier alpha value is -2.47. The third-order valence-corrected chi connectivity index (χ3v) is 3.54. The van der Waals surface area contributed by atoms with Gasteiger partial charge in [-0.1, -0.05) is 6.07 Å². The highest BCUT2D eigenvalue weighted by Crippen LogP contribution is 2.30. The Bertz CT molecular complexity index is 717. The number of pyridine rings is 1. The molecular formula is C15H15FN4O. The van der Waals surface area contributed by atoms with Gasteiger partial charge in [-0.15, -0.1) is 0 Å². The number of carbonyl (C=O) groups excluding carboxylic acids is 1. The summed E-state index contributed by atoms with van der Waals surface area (Å²) < 4.78 is 13.4. The fourth-order valence-corrected chi connectivity index (χ4v) is 2.59. The Labute approximate surface area is 121 Å². The summed E-state index contributed by atoms with van der Waals surface area (Å²) in [6.07, 6.45) is 0.730. The zero-order valence-electron chi connectivity index (χ0n) is 11.6. The summed E-state index contributed by atoms with van der Waals surface area (Å²) in [6, 6.07) is 7.83. The van der Waals surface area contributed by atoms with Crippen molar-refractivity contribution in [3.63, 3.8) is 0 Å². The van der Waals surface area contributed by atoms with Crippen LogP contribution in [0.5, 0.6) is 0 Å². The highest BCUT2D eigenvalue weighted by Gasteiger charge is 2.26. The highest BCUT2D eigenvalue weighted by molar-refractivity contribution is 6.07. The van der Waals surface area contributed by atoms with E-state index in [9.17, 15) is 9.18 Å². The van der Waals surface area contributed by atoms with Crippen molar-refractivity contribution in [3.8, 4) is 0 Å². The van der Waals surface area contributed by atoms with Gasteiger partial charge in [-0.2, -0.15) is 0 Å². The van der Waals surface area contributed by atoms with Crippen LogP contribution in [0.1, 0.15) is 21.6 Å². The molecule has 108 valence electrons. The summed E-state index contributed by atoms with van der Waals surface area (Å²) >= 11 is 0. The van der Waals surface area contributed by atoms with Crippen LogP contribution in [0.4, 0.5) is 15.9 Å². The fraction of sp³-hybridized carbons (Fsp3) is 0.200. The van der Waals surface area contributed by atoms with Gasteiger partial charge in [0.1, 0.15) is 11.6 Å². The molecule has 1 aromatic carbocycles. The van der Waals surface area contributed by atoms with E-state index in [0.717, 1.165) is 12.0 Å². The second-order valence-electron chi connectivity index (χ2n) is 5.01. The number of nitrogens with zero attached hydrogens (tertiary/aromatic N) is 2. The summed E-state index contributed by atoms with van der Waals surface area (Å²) in [5, 5.41) is 0. The summed E-state index contributed by atoms with van der Waals surface area (Å²) in [5.41, 5.74) is 5.22. The van der Waals surface area contributed by atoms with Crippen LogP contribution in [0.3, 0.4) is 0 Å². The lowest BCUT2D eigenvalue weighted by molar-refractivity contribution is 0.0989. The number of nitrogen functional groups attached to an aromatic ring is 1. The molecule has 0 saturated carbocycles. The first-order chi connectivity index (χ1) is 10.1. The molecule has 0 atom stereocenters. The number of amides is 1. The molecule has 2 heterocycles. The molecule has 0 fully saturated rings. The molecule has 21 heavy (non-hydrogen) atoms. The van der Waals surface area contributed by atoms with Gasteiger partial charge >= 0.3 is 0 Å². The molecule has 1 amide bonds. The Morgan fingerprint density at radius 2 is 2.19 bits per heavy atom. The predicted molar refractivity (Wildman–Crippen MR) is 78.6 cm³/mol. The number of nitrogens with one attached hydrogen (secondary N) is 1. The molecule has 0 saturated heterocycles. The molecule has 3 rings (SSSR count). The predicted octanol–water partition coefficient (Wildman–Crippen LogP) is 2.02. The zero-order valence-corrected chi connectivity index (χ0v) is 11.6. The molecule has 0 unspecified atom stereocenters. The molecule has 1 aromatic heterocycles. The second-order valence-corrected chi connectivity index (χ2v) is 5.01. The van der Waals surface area contributed by atoms with Gasteiger partial charge in [0.15, 0.2) is 0 Å². The van der Waals surface area contributed by atoms with Crippen molar-refractivity contribution in [1.29, 1.82) is 0 Å². The lowest BCUT2D eigenvalue weighted by Crippen LogP contribution is -2.29. The first-order valence-corrected chi connectivity index (χ1v) is 6.64. The van der Waals surface area contributed by atoms with Gasteiger partial charge in [0.25, 0.3) is 5.91 Å². The molecular weight excluding hydrogens is 271 g/mol. The first kappa shape index (κ1) is 13.5. The van der Waals surface area contributed by atoms with Gasteiger partial charge in [-0.25, -0.2) is 15.2 Å². The van der Waals surface area contributed by atoms with Crippen LogP contribution in [0, 0.1) is 12.7 Å². The van der Waals surface area contributed by atoms with Crippen LogP contribution in [0.25, 0.3) is 0 Å². The van der Waals surface area contributed by atoms with Gasteiger partial charge in [0, 0.05) is 17.8 Å². The third kappa shape index (κ3) is 2.45. The second kappa shape index (κ2) is 5.14. The molecule has 0 spiro atoms. The smallest absolute Gasteiger partial charge is 0.258 e. The van der Waals surface area contributed by atoms with Crippen LogP contribution in [0.15, 0.2) is 30.3 Å². The minimum Gasteiger partial charge on any atom is -0.308 e. The Kier molecular flexibility index (Phi) is 3.31. The van der Waals surface area contributed by atoms with Crippen molar-refractivity contribution in [2.45, 2.75) is 13.3 Å². The van der Waals surface area contributed by atoms with E-state index in [2.05, 4.69) is 10.4 Å². The van der Waals surface area contributed by atoms with E-state index in [0.29, 0.717) is 29.3 Å². The van der Waals surface area contributed by atoms with Crippen LogP contribution in [-0.2, 0) is 6.42 Å². The lowest BCUT2D eigenvalue weighted by Gasteiger charge is -2.18. The van der Waals surface area contributed by atoms with Crippen molar-refractivity contribution in [1.82, 2.24) is 4.98 Å². The quantitative estimate of drug-likeness (QED) is 0.654. The zero-order chi connectivity index (χ0) is 15.0. The lowest BCUT2D eigenvalue weighted by atomic mass is 10.1. The average molecular weight is 286 g/mol. The third-order valence-electron chi connectivity index (χ3n) is 3.54. The summed E-state index contributed by atoms with van der Waals surface area (Å²) in [7, 11) is 0. The number of halogens is 1. The Morgan fingerprint density at radius 3 is 2.95 bits per heavy atom. The topological polar surface area (TPSA) is 71.2 Å². The van der Waals surface area contributed by atoms with Gasteiger partial charge < -0.3 is 10.3 Å². The van der Waals surface area contributed by atoms with Crippen LogP contribution >= 0.6 is 0 Å². The number of carbonyl (C=O) groups is 1. The van der Waals surface area contributed by atoms with Crippen molar-refractivity contribution < 1.29 is 9.18 Å². The molecule has 0 radical (unpaired) electrons. The fourth-order valence-electron chi connectivity index (χ4n) is 2.59. The molecule has 3 N–H and O–H groups in total. The van der Waals surface area contributed by atoms with E-state index >= 15 is 0 Å². The van der Waals surface area contributed by atoms with E-state index in [1.807, 2.05) is 0 Å². The number of hydrazine groups is 1. The molecule has 1 aliphatic rings. The maximum absolute atomic E-state index is 13.4. The first-order valence-electron chi connectivity index (χ1n) is 6.64. The Balaban J connectivity index is 1.98. The number of hydrogen-bond donors (Lipinski definition) is 2. The molecule has 6 heteroatoms. The van der Waals surface area contributed by atoms with E-state index in [1.165, 1.54) is 12.1 Å². The molecule has 5 nitrogen and oxygen atoms in total. The number of benzene rings is 1. The van der Waals surface area contributed by atoms with Crippen LogP contribution in [0.2, 0.25) is 0 Å². The van der Waals surface area contributed by atoms with Crippen molar-refractivity contribution in [2.24, 2.45) is 5.84 Å². The summed E-state index contributed by atoms with van der Waals surface area (Å²) in [5.74, 6) is 5.26. The monoisotopic (exact) mass is 286 g/mol. The largest absolute Gasteiger partial charge is 0.308 e. The maximum atomic E-state index is 13.4. The summed E-state index contributed by atoms with van der Waals surface area (Å²) in [6.45, 7) is 2.33. The number of aromatic nitrogens is 1. The molecule has 0 aliphatic carbocycles. The van der Waals surface area contributed by atoms with Crippen molar-refractivity contribution >= 4 is 17.4 Å². The van der Waals surface area contributed by atoms with Gasteiger partial charge in [-0.05, 0) is 43.2 Å². The SMILES string of the molecule is Cc1cc(C(=O)N2CCc3ccc(F)cc32)cc(NN)n1. The number of aryl methyl sites for hydroxylation is 1. The van der Waals surface area contributed by atoms with E-state index in [4.69, 9.17) is 5.84 Å². The molecule has 0 bridgehead atoms. The van der Waals surface area contributed by atoms with Gasteiger partial charge in [-0.3, -0.25) is 4.79 Å². The van der Waals surface area contributed by atoms with E-state index in [1.54, 1.807) is 30.0 Å². The van der Waals surface area contributed by atoms with Gasteiger partial charge in [0.05, 0.1) is 5.69 Å². The molecule has 2 aromatic rings. The number of fused-ring (bicyclic) bond motifs is 1.